The van der Waals surface area contributed by atoms with Gasteiger partial charge in [-0.15, -0.1) is 5.10 Å². The van der Waals surface area contributed by atoms with Crippen molar-refractivity contribution in [1.29, 1.82) is 0 Å². The van der Waals surface area contributed by atoms with Crippen LogP contribution >= 0.6 is 0 Å². The number of hydrogen-bond donors (Lipinski definition) is 2. The third-order valence-electron chi connectivity index (χ3n) is 3.23. The number of alkyl halides is 3. The molecule has 0 spiro atoms. The molecule has 2 N–H and O–H groups in total. The number of nitrogens with one attached hydrogen (secondary N) is 1. The lowest BCUT2D eigenvalue weighted by Crippen LogP contribution is -2.19. The van der Waals surface area contributed by atoms with Gasteiger partial charge in [0.15, 0.2) is 5.75 Å². The van der Waals surface area contributed by atoms with E-state index < -0.39 is 38.4 Å². The zero-order valence-corrected chi connectivity index (χ0v) is 13.7. The van der Waals surface area contributed by atoms with E-state index in [1.165, 1.54) is 19.6 Å². The summed E-state index contributed by atoms with van der Waals surface area (Å²) < 4.78 is 72.0. The molecule has 0 unspecified atom stereocenters. The first-order valence-corrected chi connectivity index (χ1v) is 8.28. The largest absolute Gasteiger partial charge is 0.506 e. The van der Waals surface area contributed by atoms with Gasteiger partial charge >= 0.3 is 6.18 Å². The van der Waals surface area contributed by atoms with Crippen LogP contribution in [0.4, 0.5) is 19.1 Å². The second kappa shape index (κ2) is 6.01. The van der Waals surface area contributed by atoms with E-state index in [1.807, 2.05) is 4.72 Å². The van der Waals surface area contributed by atoms with Gasteiger partial charge < -0.3 is 9.84 Å². The Morgan fingerprint density at radius 3 is 2.69 bits per heavy atom. The minimum Gasteiger partial charge on any atom is -0.506 e. The molecule has 0 radical (unpaired) electrons. The van der Waals surface area contributed by atoms with Crippen LogP contribution in [0.15, 0.2) is 35.6 Å². The molecule has 0 saturated heterocycles. The monoisotopic (exact) mass is 389 g/mol. The molecule has 3 rings (SSSR count). The highest BCUT2D eigenvalue weighted by atomic mass is 32.2. The summed E-state index contributed by atoms with van der Waals surface area (Å²) in [5, 5.41) is 13.5. The standard InChI is InChI=1S/C13H10F3N5O4S/c1-25-9-5-17-6-21-11(9)18-12(19-21)20-26(23,24)10-7(13(14,15)16)3-2-4-8(10)22/h2-6,22H,1H3,(H,19,20). The average Bonchev–Trinajstić information content (AvgIpc) is 2.94. The van der Waals surface area contributed by atoms with Gasteiger partial charge in [0.2, 0.25) is 5.65 Å². The Morgan fingerprint density at radius 2 is 2.04 bits per heavy atom. The van der Waals surface area contributed by atoms with E-state index in [0.717, 1.165) is 16.6 Å². The third-order valence-corrected chi connectivity index (χ3v) is 4.65. The topological polar surface area (TPSA) is 119 Å². The van der Waals surface area contributed by atoms with Crippen molar-refractivity contribution in [3.05, 3.63) is 36.3 Å². The zero-order valence-electron chi connectivity index (χ0n) is 12.9. The second-order valence-corrected chi connectivity index (χ2v) is 6.54. The fraction of sp³-hybridized carbons (Fsp3) is 0.154. The molecule has 0 aliphatic carbocycles. The predicted octanol–water partition coefficient (Wildman–Crippen LogP) is 1.66. The van der Waals surface area contributed by atoms with Crippen molar-refractivity contribution in [3.63, 3.8) is 0 Å². The summed E-state index contributed by atoms with van der Waals surface area (Å²) in [6.07, 6.45) is -2.50. The maximum Gasteiger partial charge on any atom is 0.417 e. The van der Waals surface area contributed by atoms with Crippen molar-refractivity contribution in [1.82, 2.24) is 19.6 Å². The van der Waals surface area contributed by atoms with E-state index in [2.05, 4.69) is 15.1 Å². The highest BCUT2D eigenvalue weighted by molar-refractivity contribution is 7.92. The summed E-state index contributed by atoms with van der Waals surface area (Å²) in [6, 6.07) is 2.25. The maximum atomic E-state index is 13.1. The van der Waals surface area contributed by atoms with Gasteiger partial charge in [0, 0.05) is 0 Å². The van der Waals surface area contributed by atoms with E-state index in [9.17, 15) is 26.7 Å². The van der Waals surface area contributed by atoms with Gasteiger partial charge in [-0.25, -0.2) is 18.1 Å². The molecule has 0 saturated carbocycles. The smallest absolute Gasteiger partial charge is 0.417 e. The van der Waals surface area contributed by atoms with Crippen LogP contribution in [0, 0.1) is 0 Å². The number of rotatable bonds is 4. The van der Waals surface area contributed by atoms with Crippen LogP contribution in [-0.4, -0.2) is 40.2 Å². The molecule has 0 aliphatic rings. The molecule has 0 aliphatic heterocycles. The van der Waals surface area contributed by atoms with Crippen molar-refractivity contribution in [2.75, 3.05) is 11.8 Å². The van der Waals surface area contributed by atoms with Crippen LogP contribution in [0.2, 0.25) is 0 Å². The number of halogens is 3. The van der Waals surface area contributed by atoms with Crippen molar-refractivity contribution >= 4 is 21.6 Å². The van der Waals surface area contributed by atoms with Crippen LogP contribution < -0.4 is 9.46 Å². The van der Waals surface area contributed by atoms with Crippen molar-refractivity contribution in [3.8, 4) is 11.5 Å². The lowest BCUT2D eigenvalue weighted by atomic mass is 10.2. The third kappa shape index (κ3) is 3.08. The molecule has 3 aromatic rings. The predicted molar refractivity (Wildman–Crippen MR) is 81.3 cm³/mol. The summed E-state index contributed by atoms with van der Waals surface area (Å²) in [6.45, 7) is 0. The average molecular weight is 389 g/mol. The number of sulfonamides is 1. The van der Waals surface area contributed by atoms with Crippen LogP contribution in [-0.2, 0) is 16.2 Å². The maximum absolute atomic E-state index is 13.1. The number of phenols is 1. The number of methoxy groups -OCH3 is 1. The molecule has 0 atom stereocenters. The van der Waals surface area contributed by atoms with E-state index in [0.29, 0.717) is 6.07 Å². The Bertz CT molecular complexity index is 1080. The summed E-state index contributed by atoms with van der Waals surface area (Å²) in [5.41, 5.74) is -1.43. The number of phenolic OH excluding ortho intramolecular Hbond substituents is 1. The number of anilines is 1. The first kappa shape index (κ1) is 17.7. The Hall–Kier alpha value is -3.09. The molecule has 9 nitrogen and oxygen atoms in total. The molecule has 26 heavy (non-hydrogen) atoms. The number of aromatic hydroxyl groups is 1. The Kier molecular flexibility index (Phi) is 4.10. The first-order valence-electron chi connectivity index (χ1n) is 6.80. The van der Waals surface area contributed by atoms with E-state index in [4.69, 9.17) is 4.74 Å². The first-order chi connectivity index (χ1) is 12.1. The molecule has 0 bridgehead atoms. The van der Waals surface area contributed by atoms with Gasteiger partial charge in [-0.1, -0.05) is 6.07 Å². The molecule has 0 amide bonds. The molecule has 0 fully saturated rings. The quantitative estimate of drug-likeness (QED) is 0.696. The fourth-order valence-electron chi connectivity index (χ4n) is 2.18. The van der Waals surface area contributed by atoms with Gasteiger partial charge in [-0.05, 0) is 12.1 Å². The number of ether oxygens (including phenoxy) is 1. The Morgan fingerprint density at radius 1 is 1.31 bits per heavy atom. The van der Waals surface area contributed by atoms with Crippen LogP contribution in [0.25, 0.3) is 5.65 Å². The van der Waals surface area contributed by atoms with Crippen molar-refractivity contribution in [2.24, 2.45) is 0 Å². The van der Waals surface area contributed by atoms with E-state index in [1.54, 1.807) is 0 Å². The van der Waals surface area contributed by atoms with Crippen molar-refractivity contribution < 1.29 is 31.4 Å². The molecule has 13 heteroatoms. The minimum atomic E-state index is -5.00. The fourth-order valence-corrected chi connectivity index (χ4v) is 3.43. The zero-order chi connectivity index (χ0) is 19.1. The van der Waals surface area contributed by atoms with Gasteiger partial charge in [0.05, 0.1) is 18.9 Å². The van der Waals surface area contributed by atoms with Crippen LogP contribution in [0.5, 0.6) is 11.5 Å². The minimum absolute atomic E-state index is 0.0912. The molecule has 2 heterocycles. The number of hydrogen-bond acceptors (Lipinski definition) is 7. The summed E-state index contributed by atoms with van der Waals surface area (Å²) >= 11 is 0. The lowest BCUT2D eigenvalue weighted by molar-refractivity contribution is -0.140. The summed E-state index contributed by atoms with van der Waals surface area (Å²) in [5.74, 6) is -1.41. The number of benzene rings is 1. The lowest BCUT2D eigenvalue weighted by Gasteiger charge is -2.14. The van der Waals surface area contributed by atoms with E-state index in [-0.39, 0.29) is 11.4 Å². The molecule has 1 aromatic carbocycles. The Balaban J connectivity index is 2.09. The molecule has 138 valence electrons. The van der Waals surface area contributed by atoms with E-state index >= 15 is 0 Å². The molecular weight excluding hydrogens is 379 g/mol. The van der Waals surface area contributed by atoms with Gasteiger partial charge in [0.1, 0.15) is 17.0 Å². The SMILES string of the molecule is COc1cncn2nc(NS(=O)(=O)c3c(O)cccc3C(F)(F)F)nc12. The highest BCUT2D eigenvalue weighted by Crippen LogP contribution is 2.38. The van der Waals surface area contributed by atoms with Crippen LogP contribution in [0.1, 0.15) is 5.56 Å². The van der Waals surface area contributed by atoms with Gasteiger partial charge in [0.25, 0.3) is 16.0 Å². The van der Waals surface area contributed by atoms with Crippen molar-refractivity contribution in [2.45, 2.75) is 11.1 Å². The highest BCUT2D eigenvalue weighted by Gasteiger charge is 2.39. The normalized spacial score (nSPS) is 12.3. The van der Waals surface area contributed by atoms with Gasteiger partial charge in [-0.2, -0.15) is 22.7 Å². The molecular formula is C13H10F3N5O4S. The summed E-state index contributed by atoms with van der Waals surface area (Å²) in [7, 11) is -3.52. The van der Waals surface area contributed by atoms with Crippen LogP contribution in [0.3, 0.4) is 0 Å². The van der Waals surface area contributed by atoms with Gasteiger partial charge in [-0.3, -0.25) is 0 Å². The molecule has 2 aromatic heterocycles. The second-order valence-electron chi connectivity index (χ2n) is 4.92. The Labute approximate surface area is 144 Å². The number of aromatic nitrogens is 4. The number of nitrogens with zero attached hydrogens (tertiary/aromatic N) is 4. The number of fused-ring (bicyclic) bond motifs is 1. The summed E-state index contributed by atoms with van der Waals surface area (Å²) in [4.78, 5) is 6.31.